The number of fused-ring (bicyclic) bond motifs is 2. The molecule has 0 saturated carbocycles. The van der Waals surface area contributed by atoms with Crippen LogP contribution in [0.25, 0.3) is 33.1 Å². The van der Waals surface area contributed by atoms with Crippen LogP contribution in [0.4, 0.5) is 10.2 Å². The molecule has 4 rings (SSSR count). The average Bonchev–Trinajstić information content (AvgIpc) is 3.01. The number of rotatable bonds is 2. The smallest absolute Gasteiger partial charge is 0.155 e. The highest BCUT2D eigenvalue weighted by molar-refractivity contribution is 6.04. The van der Waals surface area contributed by atoms with Gasteiger partial charge in [0.1, 0.15) is 17.2 Å². The predicted octanol–water partition coefficient (Wildman–Crippen LogP) is 4.02. The highest BCUT2D eigenvalue weighted by Gasteiger charge is 2.18. The Balaban J connectivity index is 2.16. The molecule has 3 N–H and O–H groups in total. The monoisotopic (exact) mass is 321 g/mol. The molecule has 6 heteroatoms. The number of H-pyrrole nitrogens is 1. The normalized spacial score (nSPS) is 11.7. The van der Waals surface area contributed by atoms with Crippen LogP contribution >= 0.6 is 0 Å². The van der Waals surface area contributed by atoms with Gasteiger partial charge in [0.05, 0.1) is 11.9 Å². The van der Waals surface area contributed by atoms with Gasteiger partial charge in [-0.2, -0.15) is 5.10 Å². The van der Waals surface area contributed by atoms with Gasteiger partial charge in [0.2, 0.25) is 0 Å². The highest BCUT2D eigenvalue weighted by atomic mass is 19.1. The Bertz CT molecular complexity index is 1050. The van der Waals surface area contributed by atoms with Crippen molar-refractivity contribution in [2.24, 2.45) is 0 Å². The number of nitrogens with two attached hydrogens (primary N) is 1. The molecule has 0 saturated heterocycles. The molecule has 0 atom stereocenters. The second-order valence-corrected chi connectivity index (χ2v) is 6.11. The second kappa shape index (κ2) is 5.26. The molecule has 0 spiro atoms. The molecule has 5 nitrogen and oxygen atoms in total. The fourth-order valence-corrected chi connectivity index (χ4v) is 2.98. The molecule has 0 aliphatic carbocycles. The van der Waals surface area contributed by atoms with Crippen molar-refractivity contribution in [2.45, 2.75) is 19.8 Å². The van der Waals surface area contributed by atoms with Crippen LogP contribution in [0.1, 0.15) is 25.5 Å². The number of hydrogen-bond donors (Lipinski definition) is 2. The Labute approximate surface area is 137 Å². The molecular weight excluding hydrogens is 305 g/mol. The third-order valence-corrected chi connectivity index (χ3v) is 4.11. The lowest BCUT2D eigenvalue weighted by Crippen LogP contribution is -2.04. The first kappa shape index (κ1) is 14.6. The molecule has 3 aromatic heterocycles. The molecule has 4 aromatic rings. The number of aromatic amines is 1. The van der Waals surface area contributed by atoms with E-state index in [-0.39, 0.29) is 11.7 Å². The third kappa shape index (κ3) is 2.19. The summed E-state index contributed by atoms with van der Waals surface area (Å²) in [6.07, 6.45) is 1.72. The van der Waals surface area contributed by atoms with Crippen molar-refractivity contribution >= 4 is 27.8 Å². The molecule has 0 aliphatic heterocycles. The first-order valence-electron chi connectivity index (χ1n) is 7.73. The zero-order valence-corrected chi connectivity index (χ0v) is 13.3. The molecule has 3 heterocycles. The van der Waals surface area contributed by atoms with Crippen molar-refractivity contribution in [2.75, 3.05) is 5.73 Å². The molecule has 1 aromatic carbocycles. The lowest BCUT2D eigenvalue weighted by Gasteiger charge is -2.16. The number of nitrogens with one attached hydrogen (secondary N) is 1. The summed E-state index contributed by atoms with van der Waals surface area (Å²) < 4.78 is 13.3. The maximum atomic E-state index is 13.3. The van der Waals surface area contributed by atoms with Gasteiger partial charge in [0.15, 0.2) is 5.65 Å². The van der Waals surface area contributed by atoms with Crippen LogP contribution in [-0.4, -0.2) is 20.2 Å². The van der Waals surface area contributed by atoms with Crippen molar-refractivity contribution < 1.29 is 4.39 Å². The number of aromatic nitrogens is 4. The fraction of sp³-hybridized carbons (Fsp3) is 0.167. The van der Waals surface area contributed by atoms with Crippen molar-refractivity contribution in [1.82, 2.24) is 20.2 Å². The van der Waals surface area contributed by atoms with E-state index in [1.807, 2.05) is 6.07 Å². The van der Waals surface area contributed by atoms with Gasteiger partial charge in [0.25, 0.3) is 0 Å². The summed E-state index contributed by atoms with van der Waals surface area (Å²) in [5, 5.41) is 8.67. The van der Waals surface area contributed by atoms with Gasteiger partial charge < -0.3 is 5.73 Å². The van der Waals surface area contributed by atoms with Crippen LogP contribution < -0.4 is 5.73 Å². The molecular formula is C18H16FN5. The van der Waals surface area contributed by atoms with E-state index < -0.39 is 0 Å². The summed E-state index contributed by atoms with van der Waals surface area (Å²) >= 11 is 0. The second-order valence-electron chi connectivity index (χ2n) is 6.11. The van der Waals surface area contributed by atoms with Crippen LogP contribution in [0.5, 0.6) is 0 Å². The van der Waals surface area contributed by atoms with Gasteiger partial charge in [-0.05, 0) is 29.7 Å². The first-order valence-corrected chi connectivity index (χ1v) is 7.73. The average molecular weight is 321 g/mol. The van der Waals surface area contributed by atoms with Gasteiger partial charge in [-0.1, -0.05) is 26.0 Å². The Morgan fingerprint density at radius 2 is 1.88 bits per heavy atom. The SMILES string of the molecule is CC(C)c1nc(N)c2nc3[nH]ncc3cc2c1-c1ccc(F)cc1. The van der Waals surface area contributed by atoms with E-state index in [9.17, 15) is 4.39 Å². The van der Waals surface area contributed by atoms with E-state index >= 15 is 0 Å². The number of nitrogens with zero attached hydrogens (tertiary/aromatic N) is 3. The van der Waals surface area contributed by atoms with E-state index in [0.29, 0.717) is 17.0 Å². The summed E-state index contributed by atoms with van der Waals surface area (Å²) in [6.45, 7) is 4.12. The number of pyridine rings is 2. The van der Waals surface area contributed by atoms with E-state index in [2.05, 4.69) is 34.0 Å². The summed E-state index contributed by atoms with van der Waals surface area (Å²) in [4.78, 5) is 9.14. The summed E-state index contributed by atoms with van der Waals surface area (Å²) in [6, 6.07) is 8.42. The molecule has 24 heavy (non-hydrogen) atoms. The molecule has 0 aliphatic rings. The molecule has 120 valence electrons. The van der Waals surface area contributed by atoms with Crippen molar-refractivity contribution in [3.8, 4) is 11.1 Å². The van der Waals surface area contributed by atoms with E-state index in [1.54, 1.807) is 18.3 Å². The quantitative estimate of drug-likeness (QED) is 0.584. The maximum absolute atomic E-state index is 13.3. The maximum Gasteiger partial charge on any atom is 0.155 e. The van der Waals surface area contributed by atoms with Gasteiger partial charge in [0, 0.05) is 16.3 Å². The largest absolute Gasteiger partial charge is 0.382 e. The summed E-state index contributed by atoms with van der Waals surface area (Å²) in [5.41, 5.74) is 10.1. The Morgan fingerprint density at radius 1 is 1.12 bits per heavy atom. The van der Waals surface area contributed by atoms with Crippen LogP contribution in [0.3, 0.4) is 0 Å². The van der Waals surface area contributed by atoms with Crippen LogP contribution in [-0.2, 0) is 0 Å². The zero-order valence-electron chi connectivity index (χ0n) is 13.3. The van der Waals surface area contributed by atoms with Crippen molar-refractivity contribution in [3.63, 3.8) is 0 Å². The van der Waals surface area contributed by atoms with Crippen LogP contribution in [0.15, 0.2) is 36.5 Å². The number of halogens is 1. The van der Waals surface area contributed by atoms with Crippen molar-refractivity contribution in [3.05, 3.63) is 48.0 Å². The lowest BCUT2D eigenvalue weighted by atomic mass is 9.93. The zero-order chi connectivity index (χ0) is 16.8. The van der Waals surface area contributed by atoms with E-state index in [4.69, 9.17) is 5.73 Å². The molecule has 0 amide bonds. The Hall–Kier alpha value is -3.02. The minimum absolute atomic E-state index is 0.164. The van der Waals surface area contributed by atoms with Crippen molar-refractivity contribution in [1.29, 1.82) is 0 Å². The fourth-order valence-electron chi connectivity index (χ4n) is 2.98. The number of hydrogen-bond acceptors (Lipinski definition) is 4. The minimum atomic E-state index is -0.270. The highest BCUT2D eigenvalue weighted by Crippen LogP contribution is 2.37. The van der Waals surface area contributed by atoms with Crippen LogP contribution in [0.2, 0.25) is 0 Å². The molecule has 0 radical (unpaired) electrons. The Morgan fingerprint density at radius 3 is 2.58 bits per heavy atom. The van der Waals surface area contributed by atoms with Gasteiger partial charge in [-0.3, -0.25) is 5.10 Å². The van der Waals surface area contributed by atoms with Gasteiger partial charge >= 0.3 is 0 Å². The molecule has 0 fully saturated rings. The topological polar surface area (TPSA) is 80.5 Å². The van der Waals surface area contributed by atoms with Gasteiger partial charge in [-0.15, -0.1) is 0 Å². The van der Waals surface area contributed by atoms with E-state index in [0.717, 1.165) is 27.6 Å². The minimum Gasteiger partial charge on any atom is -0.382 e. The summed E-state index contributed by atoms with van der Waals surface area (Å²) in [7, 11) is 0. The predicted molar refractivity (Wildman–Crippen MR) is 93.1 cm³/mol. The number of benzene rings is 1. The Kier molecular flexibility index (Phi) is 3.19. The van der Waals surface area contributed by atoms with Gasteiger partial charge in [-0.25, -0.2) is 14.4 Å². The standard InChI is InChI=1S/C18H16FN5/c1-9(2)15-14(10-3-5-12(19)6-4-10)13-7-11-8-21-24-18(11)23-16(13)17(20)22-15/h3-9H,1-2H3,(H2,20,22)(H,21,23,24). The van der Waals surface area contributed by atoms with Crippen LogP contribution in [0, 0.1) is 5.82 Å². The summed E-state index contributed by atoms with van der Waals surface area (Å²) in [5.74, 6) is 0.278. The third-order valence-electron chi connectivity index (χ3n) is 4.11. The molecule has 0 unspecified atom stereocenters. The first-order chi connectivity index (χ1) is 11.5. The van der Waals surface area contributed by atoms with E-state index in [1.165, 1.54) is 12.1 Å². The lowest BCUT2D eigenvalue weighted by molar-refractivity contribution is 0.628. The number of anilines is 1. The number of nitrogen functional groups attached to an aromatic ring is 1. The molecule has 0 bridgehead atoms.